The molecule has 0 bridgehead atoms. The minimum atomic E-state index is -1.07. The fraction of sp³-hybridized carbons (Fsp3) is 0.538. The van der Waals surface area contributed by atoms with Crippen LogP contribution in [-0.4, -0.2) is 32.3 Å². The second-order valence-electron chi connectivity index (χ2n) is 4.26. The van der Waals surface area contributed by atoms with Gasteiger partial charge in [-0.2, -0.15) is 0 Å². The molecule has 18 heavy (non-hydrogen) atoms. The highest BCUT2D eigenvalue weighted by atomic mass is 35.5. The molecule has 1 aromatic carbocycles. The van der Waals surface area contributed by atoms with E-state index in [0.29, 0.717) is 24.7 Å². The Morgan fingerprint density at radius 3 is 2.72 bits per heavy atom. The first-order valence-corrected chi connectivity index (χ1v) is 6.21. The molecule has 1 heterocycles. The van der Waals surface area contributed by atoms with Crippen molar-refractivity contribution in [1.82, 2.24) is 0 Å². The van der Waals surface area contributed by atoms with Gasteiger partial charge in [-0.25, -0.2) is 4.39 Å². The Hall–Kier alpha value is -0.680. The highest BCUT2D eigenvalue weighted by Crippen LogP contribution is 2.24. The third-order valence-corrected chi connectivity index (χ3v) is 3.08. The molecule has 0 radical (unpaired) electrons. The molecule has 1 saturated heterocycles. The summed E-state index contributed by atoms with van der Waals surface area (Å²) in [7, 11) is 1.44. The zero-order valence-corrected chi connectivity index (χ0v) is 10.9. The van der Waals surface area contributed by atoms with Crippen molar-refractivity contribution in [3.8, 4) is 0 Å². The molecule has 2 rings (SSSR count). The summed E-state index contributed by atoms with van der Waals surface area (Å²) >= 11 is 5.78. The molecule has 3 nitrogen and oxygen atoms in total. The second-order valence-corrected chi connectivity index (χ2v) is 4.69. The molecule has 1 aliphatic rings. The van der Waals surface area contributed by atoms with Crippen LogP contribution in [0.2, 0.25) is 5.02 Å². The van der Waals surface area contributed by atoms with Crippen LogP contribution in [0.5, 0.6) is 0 Å². The highest BCUT2D eigenvalue weighted by Gasteiger charge is 2.35. The number of halogens is 2. The predicted octanol–water partition coefficient (Wildman–Crippen LogP) is 2.96. The van der Waals surface area contributed by atoms with Crippen LogP contribution in [-0.2, 0) is 20.8 Å². The third-order valence-electron chi connectivity index (χ3n) is 2.83. The molecular formula is C13H16ClFO3. The molecule has 1 aromatic rings. The number of alkyl halides is 1. The van der Waals surface area contributed by atoms with Gasteiger partial charge in [-0.1, -0.05) is 23.7 Å². The molecule has 1 aliphatic heterocycles. The Bertz CT molecular complexity index is 371. The Morgan fingerprint density at radius 1 is 1.39 bits per heavy atom. The molecule has 0 spiro atoms. The van der Waals surface area contributed by atoms with E-state index in [0.717, 1.165) is 5.56 Å². The summed E-state index contributed by atoms with van der Waals surface area (Å²) in [6.45, 7) is 0.828. The maximum atomic E-state index is 13.3. The van der Waals surface area contributed by atoms with Gasteiger partial charge in [-0.3, -0.25) is 0 Å². The van der Waals surface area contributed by atoms with Crippen LogP contribution in [0.1, 0.15) is 12.0 Å². The lowest BCUT2D eigenvalue weighted by Crippen LogP contribution is -2.20. The van der Waals surface area contributed by atoms with E-state index in [9.17, 15) is 4.39 Å². The molecule has 0 saturated carbocycles. The summed E-state index contributed by atoms with van der Waals surface area (Å²) in [6.07, 6.45) is -1.75. The van der Waals surface area contributed by atoms with Crippen molar-refractivity contribution in [2.45, 2.75) is 31.6 Å². The molecule has 5 heteroatoms. The number of hydrogen-bond acceptors (Lipinski definition) is 3. The van der Waals surface area contributed by atoms with Crippen molar-refractivity contribution in [3.05, 3.63) is 34.9 Å². The van der Waals surface area contributed by atoms with E-state index in [1.807, 2.05) is 24.3 Å². The number of benzene rings is 1. The van der Waals surface area contributed by atoms with Gasteiger partial charge in [-0.15, -0.1) is 0 Å². The second kappa shape index (κ2) is 6.48. The topological polar surface area (TPSA) is 27.7 Å². The van der Waals surface area contributed by atoms with Crippen LogP contribution in [0.25, 0.3) is 0 Å². The molecule has 1 fully saturated rings. The minimum absolute atomic E-state index is 0.239. The Balaban J connectivity index is 1.71. The first-order chi connectivity index (χ1) is 8.69. The van der Waals surface area contributed by atoms with E-state index in [1.54, 1.807) is 0 Å². The van der Waals surface area contributed by atoms with Crippen molar-refractivity contribution in [2.75, 3.05) is 13.7 Å². The Kier molecular flexibility index (Phi) is 4.95. The number of methoxy groups -OCH3 is 1. The van der Waals surface area contributed by atoms with Crippen LogP contribution >= 0.6 is 11.6 Å². The Morgan fingerprint density at radius 2 is 2.11 bits per heavy atom. The SMILES string of the molecule is COC1OC(COCc2ccc(Cl)cc2)C[C@@H]1F. The molecule has 0 aromatic heterocycles. The molecular weight excluding hydrogens is 259 g/mol. The van der Waals surface area contributed by atoms with Crippen molar-refractivity contribution in [3.63, 3.8) is 0 Å². The quantitative estimate of drug-likeness (QED) is 0.826. The van der Waals surface area contributed by atoms with Gasteiger partial charge in [0, 0.05) is 18.6 Å². The van der Waals surface area contributed by atoms with Crippen molar-refractivity contribution in [2.24, 2.45) is 0 Å². The summed E-state index contributed by atoms with van der Waals surface area (Å²) in [5, 5.41) is 0.695. The van der Waals surface area contributed by atoms with Gasteiger partial charge >= 0.3 is 0 Å². The zero-order chi connectivity index (χ0) is 13.0. The molecule has 0 aliphatic carbocycles. The van der Waals surface area contributed by atoms with Gasteiger partial charge < -0.3 is 14.2 Å². The lowest BCUT2D eigenvalue weighted by atomic mass is 10.2. The first kappa shape index (κ1) is 13.7. The fourth-order valence-corrected chi connectivity index (χ4v) is 2.02. The van der Waals surface area contributed by atoms with Crippen LogP contribution < -0.4 is 0 Å². The molecule has 2 unspecified atom stereocenters. The van der Waals surface area contributed by atoms with E-state index in [2.05, 4.69) is 0 Å². The van der Waals surface area contributed by atoms with Gasteiger partial charge in [0.15, 0.2) is 12.5 Å². The summed E-state index contributed by atoms with van der Waals surface area (Å²) in [4.78, 5) is 0. The van der Waals surface area contributed by atoms with Gasteiger partial charge in [0.1, 0.15) is 0 Å². The summed E-state index contributed by atoms with van der Waals surface area (Å²) in [6, 6.07) is 7.41. The lowest BCUT2D eigenvalue weighted by molar-refractivity contribution is -0.145. The summed E-state index contributed by atoms with van der Waals surface area (Å²) in [5.74, 6) is 0. The van der Waals surface area contributed by atoms with E-state index >= 15 is 0 Å². The zero-order valence-electron chi connectivity index (χ0n) is 10.1. The number of ether oxygens (including phenoxy) is 3. The maximum Gasteiger partial charge on any atom is 0.188 e. The van der Waals surface area contributed by atoms with Crippen LogP contribution in [0.15, 0.2) is 24.3 Å². The summed E-state index contributed by atoms with van der Waals surface area (Å²) in [5.41, 5.74) is 1.03. The number of hydrogen-bond donors (Lipinski definition) is 0. The van der Waals surface area contributed by atoms with Gasteiger partial charge in [-0.05, 0) is 17.7 Å². The van der Waals surface area contributed by atoms with E-state index in [1.165, 1.54) is 7.11 Å². The molecule has 3 atom stereocenters. The van der Waals surface area contributed by atoms with Crippen LogP contribution in [0.3, 0.4) is 0 Å². The first-order valence-electron chi connectivity index (χ1n) is 5.83. The van der Waals surface area contributed by atoms with Crippen LogP contribution in [0, 0.1) is 0 Å². The summed E-state index contributed by atoms with van der Waals surface area (Å²) < 4.78 is 29.0. The number of rotatable bonds is 5. The van der Waals surface area contributed by atoms with Crippen molar-refractivity contribution < 1.29 is 18.6 Å². The van der Waals surface area contributed by atoms with Gasteiger partial charge in [0.2, 0.25) is 0 Å². The fourth-order valence-electron chi connectivity index (χ4n) is 1.89. The Labute approximate surface area is 111 Å². The van der Waals surface area contributed by atoms with E-state index in [4.69, 9.17) is 25.8 Å². The lowest BCUT2D eigenvalue weighted by Gasteiger charge is -2.12. The van der Waals surface area contributed by atoms with E-state index in [-0.39, 0.29) is 6.10 Å². The molecule has 0 amide bonds. The average Bonchev–Trinajstić information content (AvgIpc) is 2.72. The third kappa shape index (κ3) is 3.65. The molecule has 100 valence electrons. The van der Waals surface area contributed by atoms with Gasteiger partial charge in [0.25, 0.3) is 0 Å². The molecule has 0 N–H and O–H groups in total. The highest BCUT2D eigenvalue weighted by molar-refractivity contribution is 6.30. The standard InChI is InChI=1S/C13H16ClFO3/c1-16-13-12(15)6-11(18-13)8-17-7-9-2-4-10(14)5-3-9/h2-5,11-13H,6-8H2,1H3/t11?,12-,13?/m0/s1. The van der Waals surface area contributed by atoms with Crippen molar-refractivity contribution >= 4 is 11.6 Å². The van der Waals surface area contributed by atoms with E-state index < -0.39 is 12.5 Å². The average molecular weight is 275 g/mol. The van der Waals surface area contributed by atoms with Gasteiger partial charge in [0.05, 0.1) is 19.3 Å². The normalized spacial score (nSPS) is 27.6. The smallest absolute Gasteiger partial charge is 0.188 e. The monoisotopic (exact) mass is 274 g/mol. The largest absolute Gasteiger partial charge is 0.374 e. The maximum absolute atomic E-state index is 13.3. The predicted molar refractivity (Wildman–Crippen MR) is 66.3 cm³/mol. The van der Waals surface area contributed by atoms with Crippen LogP contribution in [0.4, 0.5) is 4.39 Å². The minimum Gasteiger partial charge on any atom is -0.374 e. The van der Waals surface area contributed by atoms with Crippen molar-refractivity contribution in [1.29, 1.82) is 0 Å².